The molecular formula is C27H32F3N5. The molecule has 0 spiro atoms. The van der Waals surface area contributed by atoms with E-state index in [0.717, 1.165) is 49.0 Å². The average Bonchev–Trinajstić information content (AvgIpc) is 3.20. The van der Waals surface area contributed by atoms with Gasteiger partial charge >= 0.3 is 6.18 Å². The van der Waals surface area contributed by atoms with Crippen LogP contribution in [0.4, 0.5) is 30.4 Å². The van der Waals surface area contributed by atoms with Gasteiger partial charge in [0, 0.05) is 29.9 Å². The Balaban J connectivity index is 1.59. The fraction of sp³-hybridized carbons (Fsp3) is 0.481. The normalized spacial score (nSPS) is 19.1. The highest BCUT2D eigenvalue weighted by atomic mass is 19.4. The Hall–Kier alpha value is -3.03. The molecule has 0 saturated carbocycles. The lowest BCUT2D eigenvalue weighted by molar-refractivity contribution is -0.137. The number of aromatic nitrogens is 2. The first-order valence-corrected chi connectivity index (χ1v) is 12.4. The zero-order valence-corrected chi connectivity index (χ0v) is 20.5. The van der Waals surface area contributed by atoms with Crippen molar-refractivity contribution in [2.45, 2.75) is 65.1 Å². The Morgan fingerprint density at radius 1 is 1.03 bits per heavy atom. The zero-order valence-electron chi connectivity index (χ0n) is 20.5. The molecule has 1 aliphatic carbocycles. The highest BCUT2D eigenvalue weighted by Gasteiger charge is 2.32. The van der Waals surface area contributed by atoms with E-state index in [1.165, 1.54) is 36.1 Å². The van der Waals surface area contributed by atoms with E-state index in [2.05, 4.69) is 23.2 Å². The molecule has 186 valence electrons. The minimum absolute atomic E-state index is 0.0893. The van der Waals surface area contributed by atoms with E-state index < -0.39 is 17.8 Å². The molecule has 0 unspecified atom stereocenters. The van der Waals surface area contributed by atoms with Crippen LogP contribution in [0.25, 0.3) is 10.9 Å². The second-order valence-corrected chi connectivity index (χ2v) is 10.2. The summed E-state index contributed by atoms with van der Waals surface area (Å²) in [5.41, 5.74) is 10.5. The molecule has 1 fully saturated rings. The number of piperidine rings is 1. The van der Waals surface area contributed by atoms with Crippen molar-refractivity contribution in [2.24, 2.45) is 5.92 Å². The van der Waals surface area contributed by atoms with Crippen LogP contribution in [0.2, 0.25) is 0 Å². The molecule has 2 aromatic carbocycles. The third-order valence-electron chi connectivity index (χ3n) is 7.26. The quantitative estimate of drug-likeness (QED) is 0.418. The molecular weight excluding hydrogens is 451 g/mol. The van der Waals surface area contributed by atoms with Crippen molar-refractivity contribution in [1.82, 2.24) is 9.97 Å². The van der Waals surface area contributed by atoms with Crippen LogP contribution in [0.3, 0.4) is 0 Å². The van der Waals surface area contributed by atoms with Gasteiger partial charge in [0.1, 0.15) is 11.6 Å². The van der Waals surface area contributed by atoms with Crippen molar-refractivity contribution in [3.63, 3.8) is 0 Å². The maximum atomic E-state index is 13.4. The Bertz CT molecular complexity index is 1260. The first-order chi connectivity index (χ1) is 16.6. The van der Waals surface area contributed by atoms with Crippen LogP contribution in [-0.4, -0.2) is 23.1 Å². The molecule has 0 bridgehead atoms. The number of nitrogens with zero attached hydrogens (tertiary/aromatic N) is 3. The van der Waals surface area contributed by atoms with Crippen molar-refractivity contribution in [1.29, 1.82) is 0 Å². The van der Waals surface area contributed by atoms with Crippen LogP contribution in [0.5, 0.6) is 0 Å². The summed E-state index contributed by atoms with van der Waals surface area (Å²) in [4.78, 5) is 12.0. The molecule has 1 aromatic heterocycles. The highest BCUT2D eigenvalue weighted by molar-refractivity contribution is 5.96. The first kappa shape index (κ1) is 23.7. The Morgan fingerprint density at radius 2 is 1.74 bits per heavy atom. The van der Waals surface area contributed by atoms with Gasteiger partial charge in [-0.25, -0.2) is 9.97 Å². The molecule has 5 rings (SSSR count). The van der Waals surface area contributed by atoms with E-state index in [4.69, 9.17) is 15.7 Å². The highest BCUT2D eigenvalue weighted by Crippen LogP contribution is 2.42. The molecule has 0 radical (unpaired) electrons. The number of hydrogen-bond donors (Lipinski definition) is 2. The second-order valence-electron chi connectivity index (χ2n) is 10.2. The van der Waals surface area contributed by atoms with Gasteiger partial charge in [0.2, 0.25) is 0 Å². The van der Waals surface area contributed by atoms with Gasteiger partial charge in [-0.3, -0.25) is 0 Å². The minimum atomic E-state index is -4.46. The van der Waals surface area contributed by atoms with Gasteiger partial charge < -0.3 is 16.0 Å². The van der Waals surface area contributed by atoms with Crippen molar-refractivity contribution in [3.05, 3.63) is 52.3 Å². The van der Waals surface area contributed by atoms with Crippen molar-refractivity contribution < 1.29 is 13.2 Å². The number of rotatable bonds is 4. The summed E-state index contributed by atoms with van der Waals surface area (Å²) in [5, 5.41) is 4.31. The summed E-state index contributed by atoms with van der Waals surface area (Å²) in [5.74, 6) is 1.85. The lowest BCUT2D eigenvalue weighted by Gasteiger charge is -2.31. The molecule has 2 atom stereocenters. The summed E-state index contributed by atoms with van der Waals surface area (Å²) >= 11 is 0. The van der Waals surface area contributed by atoms with Crippen molar-refractivity contribution in [2.75, 3.05) is 29.0 Å². The summed E-state index contributed by atoms with van der Waals surface area (Å²) in [6, 6.07) is 5.48. The largest absolute Gasteiger partial charge is 0.416 e. The van der Waals surface area contributed by atoms with Crippen LogP contribution in [-0.2, 0) is 19.0 Å². The molecule has 1 aliphatic heterocycles. The average molecular weight is 484 g/mol. The van der Waals surface area contributed by atoms with Crippen LogP contribution in [0, 0.1) is 12.8 Å². The van der Waals surface area contributed by atoms with Crippen LogP contribution in [0.1, 0.15) is 67.2 Å². The lowest BCUT2D eigenvalue weighted by atomic mass is 10.00. The number of nitrogens with one attached hydrogen (secondary N) is 1. The number of nitrogens with two attached hydrogens (primary N) is 1. The van der Waals surface area contributed by atoms with E-state index in [0.29, 0.717) is 23.1 Å². The minimum Gasteiger partial charge on any atom is -0.399 e. The van der Waals surface area contributed by atoms with E-state index >= 15 is 0 Å². The molecule has 35 heavy (non-hydrogen) atoms. The number of alkyl halides is 3. The van der Waals surface area contributed by atoms with Crippen molar-refractivity contribution in [3.8, 4) is 0 Å². The maximum absolute atomic E-state index is 13.4. The molecule has 5 nitrogen and oxygen atoms in total. The van der Waals surface area contributed by atoms with E-state index in [1.54, 1.807) is 6.07 Å². The molecule has 2 heterocycles. The number of anilines is 3. The monoisotopic (exact) mass is 483 g/mol. The molecule has 0 amide bonds. The third kappa shape index (κ3) is 4.62. The van der Waals surface area contributed by atoms with Gasteiger partial charge in [0.05, 0.1) is 17.1 Å². The number of fused-ring (bicyclic) bond motifs is 3. The smallest absolute Gasteiger partial charge is 0.399 e. The standard InChI is InChI=1S/C27H32F3N5/c1-15-9-21-22(10-15)25-23(14-24(21)35-7-5-4-6-8-35)26(34-17(3)33-25)32-16(2)18-11-19(27(28,29)30)13-20(31)12-18/h11-16H,4-10,31H2,1-3H3,(H,32,33,34)/t15-,16+/m0/s1. The van der Waals surface area contributed by atoms with Crippen LogP contribution < -0.4 is 16.0 Å². The van der Waals surface area contributed by atoms with Gasteiger partial charge in [0.15, 0.2) is 0 Å². The van der Waals surface area contributed by atoms with Crippen molar-refractivity contribution >= 4 is 28.1 Å². The van der Waals surface area contributed by atoms with Gasteiger partial charge in [-0.15, -0.1) is 0 Å². The number of benzene rings is 2. The van der Waals surface area contributed by atoms with Gasteiger partial charge in [-0.2, -0.15) is 13.2 Å². The SMILES string of the molecule is Cc1nc(N[C@H](C)c2cc(N)cc(C(F)(F)F)c2)c2cc(N3CCCCC3)c3c(c2n1)C[C@@H](C)C3. The second kappa shape index (κ2) is 8.88. The van der Waals surface area contributed by atoms with E-state index in [1.807, 2.05) is 13.8 Å². The summed E-state index contributed by atoms with van der Waals surface area (Å²) in [6.45, 7) is 8.06. The van der Waals surface area contributed by atoms with Gasteiger partial charge in [-0.1, -0.05) is 6.92 Å². The number of nitrogen functional groups attached to an aromatic ring is 1. The number of hydrogen-bond acceptors (Lipinski definition) is 5. The molecule has 3 N–H and O–H groups in total. The van der Waals surface area contributed by atoms with Gasteiger partial charge in [-0.05, 0) is 92.8 Å². The Morgan fingerprint density at radius 3 is 2.46 bits per heavy atom. The first-order valence-electron chi connectivity index (χ1n) is 12.4. The van der Waals surface area contributed by atoms with E-state index in [9.17, 15) is 13.2 Å². The van der Waals surface area contributed by atoms with E-state index in [-0.39, 0.29) is 5.69 Å². The summed E-state index contributed by atoms with van der Waals surface area (Å²) < 4.78 is 40.1. The lowest BCUT2D eigenvalue weighted by Crippen LogP contribution is -2.30. The molecule has 1 saturated heterocycles. The molecule has 8 heteroatoms. The van der Waals surface area contributed by atoms with Gasteiger partial charge in [0.25, 0.3) is 0 Å². The zero-order chi connectivity index (χ0) is 24.9. The molecule has 3 aromatic rings. The molecule has 2 aliphatic rings. The topological polar surface area (TPSA) is 67.1 Å². The fourth-order valence-electron chi connectivity index (χ4n) is 5.59. The van der Waals surface area contributed by atoms with Crippen LogP contribution in [0.15, 0.2) is 24.3 Å². The van der Waals surface area contributed by atoms with Crippen LogP contribution >= 0.6 is 0 Å². The third-order valence-corrected chi connectivity index (χ3v) is 7.26. The number of halogens is 3. The predicted molar refractivity (Wildman–Crippen MR) is 135 cm³/mol. The Labute approximate surface area is 203 Å². The number of aryl methyl sites for hydroxylation is 1. The summed E-state index contributed by atoms with van der Waals surface area (Å²) in [6.07, 6.45) is 1.20. The fourth-order valence-corrected chi connectivity index (χ4v) is 5.59. The maximum Gasteiger partial charge on any atom is 0.416 e. The predicted octanol–water partition coefficient (Wildman–Crippen LogP) is 6.44. The Kier molecular flexibility index (Phi) is 6.01. The summed E-state index contributed by atoms with van der Waals surface area (Å²) in [7, 11) is 0.